The van der Waals surface area contributed by atoms with Crippen molar-refractivity contribution in [3.05, 3.63) is 29.8 Å². The maximum atomic E-state index is 12.6. The highest BCUT2D eigenvalue weighted by atomic mass is 32.2. The number of carbonyl (C=O) groups excluding carboxylic acids is 1. The van der Waals surface area contributed by atoms with Gasteiger partial charge in [-0.1, -0.05) is 30.3 Å². The Morgan fingerprint density at radius 3 is 2.68 bits per heavy atom. The van der Waals surface area contributed by atoms with Crippen LogP contribution in [0.5, 0.6) is 0 Å². The topological polar surface area (TPSA) is 29.1 Å². The van der Waals surface area contributed by atoms with E-state index < -0.39 is 5.76 Å². The molecule has 3 rings (SSSR count). The van der Waals surface area contributed by atoms with Gasteiger partial charge in [-0.3, -0.25) is 4.79 Å². The van der Waals surface area contributed by atoms with Crippen molar-refractivity contribution in [2.45, 2.75) is 49.3 Å². The van der Waals surface area contributed by atoms with Crippen LogP contribution < -0.4 is 5.32 Å². The van der Waals surface area contributed by atoms with Gasteiger partial charge in [0.25, 0.3) is 11.7 Å². The third kappa shape index (κ3) is 3.29. The lowest BCUT2D eigenvalue weighted by Crippen LogP contribution is -2.40. The predicted octanol–water partition coefficient (Wildman–Crippen LogP) is 4.56. The van der Waals surface area contributed by atoms with Crippen molar-refractivity contribution < 1.29 is 13.6 Å². The average Bonchev–Trinajstić information content (AvgIpc) is 3.09. The Balaban J connectivity index is 1.67. The second-order valence-corrected chi connectivity index (χ2v) is 7.51. The molecule has 2 aliphatic rings. The van der Waals surface area contributed by atoms with Gasteiger partial charge < -0.3 is 5.32 Å². The molecular weight excluding hydrogens is 304 g/mol. The number of rotatable bonds is 5. The van der Waals surface area contributed by atoms with Crippen LogP contribution in [0.2, 0.25) is 0 Å². The fourth-order valence-corrected chi connectivity index (χ4v) is 4.79. The quantitative estimate of drug-likeness (QED) is 0.804. The second kappa shape index (κ2) is 6.57. The summed E-state index contributed by atoms with van der Waals surface area (Å²) in [4.78, 5) is 12.8. The van der Waals surface area contributed by atoms with Crippen LogP contribution in [0.1, 0.15) is 43.0 Å². The van der Waals surface area contributed by atoms with E-state index in [0.717, 1.165) is 11.8 Å². The normalized spacial score (nSPS) is 28.1. The minimum Gasteiger partial charge on any atom is -0.349 e. The van der Waals surface area contributed by atoms with Crippen molar-refractivity contribution in [2.24, 2.45) is 17.8 Å². The SMILES string of the molecule is CC(NC(=O)c1ccccc1SC(F)F)C1CC2CCC1C2. The maximum Gasteiger partial charge on any atom is 0.288 e. The van der Waals surface area contributed by atoms with Crippen molar-refractivity contribution in [1.29, 1.82) is 0 Å². The predicted molar refractivity (Wildman–Crippen MR) is 84.2 cm³/mol. The van der Waals surface area contributed by atoms with E-state index in [2.05, 4.69) is 5.32 Å². The van der Waals surface area contributed by atoms with Gasteiger partial charge in [-0.15, -0.1) is 0 Å². The van der Waals surface area contributed by atoms with Crippen LogP contribution in [0.25, 0.3) is 0 Å². The standard InChI is InChI=1S/C17H21F2NOS/c1-10(14-9-11-6-7-12(14)8-11)20-16(21)13-4-2-3-5-15(13)22-17(18)19/h2-5,10-12,14,17H,6-9H2,1H3,(H,20,21). The molecule has 2 fully saturated rings. The Morgan fingerprint density at radius 2 is 2.05 bits per heavy atom. The lowest BCUT2D eigenvalue weighted by atomic mass is 9.84. The Kier molecular flexibility index (Phi) is 4.71. The van der Waals surface area contributed by atoms with Crippen LogP contribution in [-0.2, 0) is 0 Å². The van der Waals surface area contributed by atoms with Gasteiger partial charge in [-0.2, -0.15) is 8.78 Å². The molecule has 0 aromatic heterocycles. The molecule has 4 atom stereocenters. The van der Waals surface area contributed by atoms with Crippen molar-refractivity contribution in [3.8, 4) is 0 Å². The van der Waals surface area contributed by atoms with Gasteiger partial charge in [0.15, 0.2) is 0 Å². The number of nitrogens with one attached hydrogen (secondary N) is 1. The number of halogens is 2. The number of hydrogen-bond donors (Lipinski definition) is 1. The first kappa shape index (κ1) is 15.8. The monoisotopic (exact) mass is 325 g/mol. The zero-order chi connectivity index (χ0) is 15.7. The highest BCUT2D eigenvalue weighted by molar-refractivity contribution is 7.99. The third-order valence-corrected chi connectivity index (χ3v) is 5.93. The minimum absolute atomic E-state index is 0.104. The molecule has 2 nitrogen and oxygen atoms in total. The summed E-state index contributed by atoms with van der Waals surface area (Å²) in [5, 5.41) is 3.04. The first-order chi connectivity index (χ1) is 10.5. The smallest absolute Gasteiger partial charge is 0.288 e. The Bertz CT molecular complexity index is 551. The van der Waals surface area contributed by atoms with Gasteiger partial charge in [-0.05, 0) is 56.1 Å². The van der Waals surface area contributed by atoms with Crippen molar-refractivity contribution in [3.63, 3.8) is 0 Å². The second-order valence-electron chi connectivity index (χ2n) is 6.48. The zero-order valence-electron chi connectivity index (χ0n) is 12.6. The van der Waals surface area contributed by atoms with E-state index in [-0.39, 0.29) is 11.9 Å². The summed E-state index contributed by atoms with van der Waals surface area (Å²) in [6.07, 6.45) is 5.09. The Hall–Kier alpha value is -1.10. The highest BCUT2D eigenvalue weighted by Gasteiger charge is 2.42. The number of alkyl halides is 2. The number of thioether (sulfide) groups is 1. The fraction of sp³-hybridized carbons (Fsp3) is 0.588. The van der Waals surface area contributed by atoms with E-state index >= 15 is 0 Å². The summed E-state index contributed by atoms with van der Waals surface area (Å²) in [5.74, 6) is -0.657. The molecule has 0 heterocycles. The lowest BCUT2D eigenvalue weighted by Gasteiger charge is -2.28. The molecular formula is C17H21F2NOS. The molecule has 4 unspecified atom stereocenters. The lowest BCUT2D eigenvalue weighted by molar-refractivity contribution is 0.0912. The molecule has 1 amide bonds. The molecule has 120 valence electrons. The van der Waals surface area contributed by atoms with Crippen molar-refractivity contribution >= 4 is 17.7 Å². The fourth-order valence-electron chi connectivity index (χ4n) is 4.15. The molecule has 22 heavy (non-hydrogen) atoms. The van der Waals surface area contributed by atoms with E-state index in [1.54, 1.807) is 24.3 Å². The van der Waals surface area contributed by atoms with Crippen LogP contribution in [0.15, 0.2) is 29.2 Å². The maximum absolute atomic E-state index is 12.6. The van der Waals surface area contributed by atoms with Crippen LogP contribution in [-0.4, -0.2) is 17.7 Å². The van der Waals surface area contributed by atoms with Gasteiger partial charge in [-0.25, -0.2) is 0 Å². The van der Waals surface area contributed by atoms with E-state index in [4.69, 9.17) is 0 Å². The van der Waals surface area contributed by atoms with Crippen molar-refractivity contribution in [2.75, 3.05) is 0 Å². The Labute approximate surface area is 134 Å². The number of hydrogen-bond acceptors (Lipinski definition) is 2. The number of benzene rings is 1. The largest absolute Gasteiger partial charge is 0.349 e. The van der Waals surface area contributed by atoms with E-state index in [0.29, 0.717) is 28.1 Å². The highest BCUT2D eigenvalue weighted by Crippen LogP contribution is 2.49. The van der Waals surface area contributed by atoms with E-state index in [1.165, 1.54) is 25.7 Å². The molecule has 2 bridgehead atoms. The van der Waals surface area contributed by atoms with Crippen LogP contribution >= 0.6 is 11.8 Å². The molecule has 0 spiro atoms. The van der Waals surface area contributed by atoms with Gasteiger partial charge in [0.05, 0.1) is 5.56 Å². The number of carbonyl (C=O) groups is 1. The summed E-state index contributed by atoms with van der Waals surface area (Å²) < 4.78 is 25.2. The minimum atomic E-state index is -2.52. The molecule has 0 radical (unpaired) electrons. The summed E-state index contributed by atoms with van der Waals surface area (Å²) in [6.45, 7) is 2.05. The van der Waals surface area contributed by atoms with Gasteiger partial charge in [0, 0.05) is 10.9 Å². The first-order valence-electron chi connectivity index (χ1n) is 7.89. The molecule has 1 N–H and O–H groups in total. The van der Waals surface area contributed by atoms with Crippen LogP contribution in [0.3, 0.4) is 0 Å². The first-order valence-corrected chi connectivity index (χ1v) is 8.77. The van der Waals surface area contributed by atoms with E-state index in [9.17, 15) is 13.6 Å². The van der Waals surface area contributed by atoms with Gasteiger partial charge in [0.2, 0.25) is 0 Å². The summed E-state index contributed by atoms with van der Waals surface area (Å²) in [7, 11) is 0. The molecule has 1 aromatic rings. The molecule has 0 aliphatic heterocycles. The number of fused-ring (bicyclic) bond motifs is 2. The molecule has 5 heteroatoms. The molecule has 2 aliphatic carbocycles. The number of amides is 1. The summed E-state index contributed by atoms with van der Waals surface area (Å²) in [5.41, 5.74) is 0.350. The molecule has 0 saturated heterocycles. The van der Waals surface area contributed by atoms with Gasteiger partial charge >= 0.3 is 0 Å². The van der Waals surface area contributed by atoms with Crippen LogP contribution in [0.4, 0.5) is 8.78 Å². The average molecular weight is 325 g/mol. The molecule has 2 saturated carbocycles. The zero-order valence-corrected chi connectivity index (χ0v) is 13.4. The molecule has 1 aromatic carbocycles. The summed E-state index contributed by atoms with van der Waals surface area (Å²) in [6, 6.07) is 6.70. The summed E-state index contributed by atoms with van der Waals surface area (Å²) >= 11 is 0.431. The third-order valence-electron chi connectivity index (χ3n) is 5.14. The van der Waals surface area contributed by atoms with Crippen LogP contribution in [0, 0.1) is 17.8 Å². The Morgan fingerprint density at radius 1 is 1.27 bits per heavy atom. The van der Waals surface area contributed by atoms with Crippen molar-refractivity contribution in [1.82, 2.24) is 5.32 Å². The van der Waals surface area contributed by atoms with E-state index in [1.807, 2.05) is 6.92 Å². The van der Waals surface area contributed by atoms with Gasteiger partial charge in [0.1, 0.15) is 0 Å².